The molecule has 1 aromatic carbocycles. The summed E-state index contributed by atoms with van der Waals surface area (Å²) < 4.78 is 9.18. The number of nitrogens with zero attached hydrogens (tertiary/aromatic N) is 6. The van der Waals surface area contributed by atoms with Gasteiger partial charge in [-0.3, -0.25) is 4.68 Å². The van der Waals surface area contributed by atoms with E-state index >= 15 is 0 Å². The van der Waals surface area contributed by atoms with E-state index in [1.807, 2.05) is 60.8 Å². The zero-order chi connectivity index (χ0) is 25.4. The molecule has 1 spiro atoms. The molecular formula is C26H28ClN7O2. The minimum atomic E-state index is -0.501. The van der Waals surface area contributed by atoms with Gasteiger partial charge in [0, 0.05) is 35.3 Å². The number of piperidine rings is 1. The Balaban J connectivity index is 1.18. The first-order valence-corrected chi connectivity index (χ1v) is 12.5. The lowest BCUT2D eigenvalue weighted by atomic mass is 9.80. The lowest BCUT2D eigenvalue weighted by Gasteiger charge is -2.37. The van der Waals surface area contributed by atoms with Crippen LogP contribution in [0.25, 0.3) is 11.3 Å². The number of anilines is 1. The van der Waals surface area contributed by atoms with Gasteiger partial charge in [-0.25, -0.2) is 9.48 Å². The number of benzene rings is 1. The number of halogens is 1. The Hall–Kier alpha value is -3.51. The van der Waals surface area contributed by atoms with Crippen LogP contribution in [0.5, 0.6) is 0 Å². The fourth-order valence-electron chi connectivity index (χ4n) is 6.26. The van der Waals surface area contributed by atoms with Crippen LogP contribution in [0.3, 0.4) is 0 Å². The summed E-state index contributed by atoms with van der Waals surface area (Å²) in [6.45, 7) is 7.62. The van der Waals surface area contributed by atoms with E-state index in [4.69, 9.17) is 27.2 Å². The number of nitriles is 1. The number of hydrogen-bond acceptors (Lipinski definition) is 6. The van der Waals surface area contributed by atoms with E-state index in [1.54, 1.807) is 10.9 Å². The lowest BCUT2D eigenvalue weighted by molar-refractivity contribution is 0.0190. The van der Waals surface area contributed by atoms with E-state index in [2.05, 4.69) is 11.2 Å². The molecule has 2 saturated carbocycles. The standard InChI is InChI=1S/C26H28ClN7O2/c1-25(2,3)36-24(35)32-13-19-21-20(8-26(19,21)14-32)34-23(29)18(9-28)22(31-34)16-10-30-33(12-16)11-15-5-4-6-17(27)7-15/h4-7,10,12,19-21H,8,11,13-14,29H2,1-3H3/t19?,20-,21?,26+/m1/s1. The van der Waals surface area contributed by atoms with Crippen molar-refractivity contribution in [1.82, 2.24) is 24.5 Å². The summed E-state index contributed by atoms with van der Waals surface area (Å²) in [6, 6.07) is 10.0. The number of fused-ring (bicyclic) bond motifs is 1. The Morgan fingerprint density at radius 3 is 2.89 bits per heavy atom. The monoisotopic (exact) mass is 505 g/mol. The Morgan fingerprint density at radius 1 is 1.39 bits per heavy atom. The van der Waals surface area contributed by atoms with Gasteiger partial charge in [0.1, 0.15) is 28.7 Å². The van der Waals surface area contributed by atoms with Gasteiger partial charge in [0.15, 0.2) is 0 Å². The van der Waals surface area contributed by atoms with Crippen molar-refractivity contribution in [3.63, 3.8) is 0 Å². The Bertz CT molecular complexity index is 1410. The summed E-state index contributed by atoms with van der Waals surface area (Å²) >= 11 is 6.10. The van der Waals surface area contributed by atoms with Gasteiger partial charge < -0.3 is 15.4 Å². The van der Waals surface area contributed by atoms with Gasteiger partial charge >= 0.3 is 6.09 Å². The van der Waals surface area contributed by atoms with Crippen LogP contribution in [-0.2, 0) is 11.3 Å². The summed E-state index contributed by atoms with van der Waals surface area (Å²) in [5.41, 5.74) is 8.77. The topological polar surface area (TPSA) is 115 Å². The molecule has 0 radical (unpaired) electrons. The van der Waals surface area contributed by atoms with Crippen molar-refractivity contribution in [2.24, 2.45) is 17.3 Å². The molecule has 2 aromatic heterocycles. The van der Waals surface area contributed by atoms with Crippen molar-refractivity contribution >= 4 is 23.5 Å². The zero-order valence-electron chi connectivity index (χ0n) is 20.5. The van der Waals surface area contributed by atoms with E-state index in [9.17, 15) is 10.1 Å². The van der Waals surface area contributed by atoms with E-state index < -0.39 is 5.60 Å². The highest BCUT2D eigenvalue weighted by atomic mass is 35.5. The second-order valence-electron chi connectivity index (χ2n) is 11.2. The minimum absolute atomic E-state index is 0.134. The number of aromatic nitrogens is 4. The minimum Gasteiger partial charge on any atom is -0.444 e. The maximum Gasteiger partial charge on any atom is 0.410 e. The fraction of sp³-hybridized carbons (Fsp3) is 0.462. The Labute approximate surface area is 214 Å². The smallest absolute Gasteiger partial charge is 0.410 e. The summed E-state index contributed by atoms with van der Waals surface area (Å²) in [6.07, 6.45) is 4.24. The molecule has 36 heavy (non-hydrogen) atoms. The number of nitrogens with two attached hydrogens (primary N) is 1. The molecule has 6 rings (SSSR count). The van der Waals surface area contributed by atoms with Gasteiger partial charge in [0.2, 0.25) is 0 Å². The van der Waals surface area contributed by atoms with Crippen LogP contribution in [0.1, 0.15) is 44.4 Å². The molecule has 2 aliphatic carbocycles. The number of carbonyl (C=O) groups is 1. The molecule has 1 saturated heterocycles. The molecule has 10 heteroatoms. The van der Waals surface area contributed by atoms with Crippen LogP contribution >= 0.6 is 11.6 Å². The lowest BCUT2D eigenvalue weighted by Crippen LogP contribution is -2.42. The van der Waals surface area contributed by atoms with Crippen LogP contribution < -0.4 is 5.73 Å². The molecule has 0 bridgehead atoms. The summed E-state index contributed by atoms with van der Waals surface area (Å²) in [7, 11) is 0. The van der Waals surface area contributed by atoms with Crippen molar-refractivity contribution in [2.45, 2.75) is 45.4 Å². The summed E-state index contributed by atoms with van der Waals surface area (Å²) in [5.74, 6) is 1.24. The second-order valence-corrected chi connectivity index (χ2v) is 11.7. The average molecular weight is 506 g/mol. The van der Waals surface area contributed by atoms with Crippen LogP contribution in [0.15, 0.2) is 36.7 Å². The number of amides is 1. The Morgan fingerprint density at radius 2 is 2.19 bits per heavy atom. The highest BCUT2D eigenvalue weighted by molar-refractivity contribution is 6.30. The quantitative estimate of drug-likeness (QED) is 0.564. The molecule has 3 heterocycles. The van der Waals surface area contributed by atoms with E-state index in [0.29, 0.717) is 53.6 Å². The number of ether oxygens (including phenoxy) is 1. The summed E-state index contributed by atoms with van der Waals surface area (Å²) in [4.78, 5) is 14.3. The molecule has 3 fully saturated rings. The average Bonchev–Trinajstić information content (AvgIpc) is 3.27. The number of hydrogen-bond donors (Lipinski definition) is 1. The normalized spacial score (nSPS) is 26.1. The van der Waals surface area contributed by atoms with Crippen LogP contribution in [0.2, 0.25) is 5.02 Å². The van der Waals surface area contributed by atoms with E-state index in [0.717, 1.165) is 17.5 Å². The van der Waals surface area contributed by atoms with Gasteiger partial charge in [-0.15, -0.1) is 0 Å². The molecule has 1 aliphatic heterocycles. The maximum atomic E-state index is 12.5. The molecule has 4 atom stereocenters. The van der Waals surface area contributed by atoms with Crippen molar-refractivity contribution in [2.75, 3.05) is 18.8 Å². The molecular weight excluding hydrogens is 478 g/mol. The number of nitrogen functional groups attached to an aromatic ring is 1. The number of rotatable bonds is 4. The van der Waals surface area contributed by atoms with Gasteiger partial charge in [-0.2, -0.15) is 15.5 Å². The first kappa shape index (κ1) is 22.9. The fourth-order valence-corrected chi connectivity index (χ4v) is 6.47. The zero-order valence-corrected chi connectivity index (χ0v) is 21.2. The van der Waals surface area contributed by atoms with Crippen LogP contribution in [0, 0.1) is 28.6 Å². The van der Waals surface area contributed by atoms with Crippen molar-refractivity contribution in [3.05, 3.63) is 52.8 Å². The van der Waals surface area contributed by atoms with Gasteiger partial charge in [-0.05, 0) is 56.7 Å². The highest BCUT2D eigenvalue weighted by Gasteiger charge is 2.79. The molecule has 186 valence electrons. The van der Waals surface area contributed by atoms with Crippen LogP contribution in [-0.4, -0.2) is 49.2 Å². The van der Waals surface area contributed by atoms with E-state index in [1.165, 1.54) is 0 Å². The largest absolute Gasteiger partial charge is 0.444 e. The second kappa shape index (κ2) is 7.74. The third-order valence-electron chi connectivity index (χ3n) is 7.80. The predicted molar refractivity (Wildman–Crippen MR) is 134 cm³/mol. The van der Waals surface area contributed by atoms with Crippen molar-refractivity contribution < 1.29 is 9.53 Å². The van der Waals surface area contributed by atoms with Crippen molar-refractivity contribution in [3.8, 4) is 17.3 Å². The third kappa shape index (κ3) is 3.54. The predicted octanol–water partition coefficient (Wildman–Crippen LogP) is 4.33. The maximum absolute atomic E-state index is 12.5. The molecule has 2 N–H and O–H groups in total. The summed E-state index contributed by atoms with van der Waals surface area (Å²) in [5, 5.41) is 19.8. The van der Waals surface area contributed by atoms with Gasteiger partial charge in [0.05, 0.1) is 18.8 Å². The number of carbonyl (C=O) groups excluding carboxylic acids is 1. The first-order chi connectivity index (χ1) is 17.1. The van der Waals surface area contributed by atoms with Crippen molar-refractivity contribution in [1.29, 1.82) is 5.26 Å². The first-order valence-electron chi connectivity index (χ1n) is 12.1. The molecule has 9 nitrogen and oxygen atoms in total. The third-order valence-corrected chi connectivity index (χ3v) is 8.03. The molecule has 2 unspecified atom stereocenters. The molecule has 1 amide bonds. The van der Waals surface area contributed by atoms with Crippen LogP contribution in [0.4, 0.5) is 10.6 Å². The number of likely N-dealkylation sites (tertiary alicyclic amines) is 1. The highest BCUT2D eigenvalue weighted by Crippen LogP contribution is 2.79. The Kier molecular flexibility index (Phi) is 4.93. The van der Waals surface area contributed by atoms with E-state index in [-0.39, 0.29) is 17.6 Å². The van der Waals surface area contributed by atoms with Gasteiger partial charge in [-0.1, -0.05) is 23.7 Å². The molecule has 3 aromatic rings. The SMILES string of the molecule is CC(C)(C)OC(=O)N1CC2C3[C@H](n4nc(-c5cnn(Cc6cccc(Cl)c6)c5)c(C#N)c4N)C[C@]23C1. The van der Waals surface area contributed by atoms with Gasteiger partial charge in [0.25, 0.3) is 0 Å². The molecule has 3 aliphatic rings.